The summed E-state index contributed by atoms with van der Waals surface area (Å²) in [5, 5.41) is 8.63. The van der Waals surface area contributed by atoms with Crippen LogP contribution < -0.4 is 0 Å². The van der Waals surface area contributed by atoms with Crippen molar-refractivity contribution in [3.8, 4) is 0 Å². The van der Waals surface area contributed by atoms with Crippen LogP contribution in [-0.4, -0.2) is 65.3 Å². The second kappa shape index (κ2) is 5.77. The van der Waals surface area contributed by atoms with Crippen molar-refractivity contribution in [3.05, 3.63) is 12.7 Å². The van der Waals surface area contributed by atoms with Crippen LogP contribution in [0.4, 0.5) is 0 Å². The minimum absolute atomic E-state index is 0.0930. The number of carbonyl (C=O) groups excluding carboxylic acids is 2. The molecule has 1 aliphatic carbocycles. The van der Waals surface area contributed by atoms with E-state index in [0.717, 1.165) is 6.29 Å². The van der Waals surface area contributed by atoms with E-state index in [1.54, 1.807) is 11.9 Å². The molecule has 1 amide bonds. The number of carbonyl (C=O) groups is 3. The van der Waals surface area contributed by atoms with Gasteiger partial charge < -0.3 is 14.8 Å². The second-order valence-electron chi connectivity index (χ2n) is 4.55. The maximum atomic E-state index is 11.7. The highest BCUT2D eigenvalue weighted by Crippen LogP contribution is 2.39. The topological polar surface area (TPSA) is 77.9 Å². The van der Waals surface area contributed by atoms with Gasteiger partial charge >= 0.3 is 5.97 Å². The lowest BCUT2D eigenvalue weighted by molar-refractivity contribution is -0.138. The fourth-order valence-corrected chi connectivity index (χ4v) is 1.82. The van der Waals surface area contributed by atoms with Gasteiger partial charge in [-0.2, -0.15) is 0 Å². The van der Waals surface area contributed by atoms with E-state index < -0.39 is 11.5 Å². The van der Waals surface area contributed by atoms with Gasteiger partial charge in [0.05, 0.1) is 12.1 Å². The molecule has 6 nitrogen and oxygen atoms in total. The second-order valence-corrected chi connectivity index (χ2v) is 4.55. The number of rotatable bonds is 8. The van der Waals surface area contributed by atoms with Gasteiger partial charge in [-0.05, 0) is 26.0 Å². The predicted octanol–water partition coefficient (Wildman–Crippen LogP) is -0.251. The number of hydrogen-bond donors (Lipinski definition) is 1. The molecule has 0 spiro atoms. The van der Waals surface area contributed by atoms with E-state index in [-0.39, 0.29) is 12.5 Å². The molecule has 0 aliphatic heterocycles. The Labute approximate surface area is 106 Å². The number of aliphatic carboxylic acids is 1. The van der Waals surface area contributed by atoms with Gasteiger partial charge in [0.2, 0.25) is 5.91 Å². The molecule has 0 bridgehead atoms. The quantitative estimate of drug-likeness (QED) is 0.477. The summed E-state index contributed by atoms with van der Waals surface area (Å²) in [6.07, 6.45) is 3.31. The lowest BCUT2D eigenvalue weighted by Crippen LogP contribution is -2.46. The fraction of sp³-hybridized carbons (Fsp3) is 0.583. The van der Waals surface area contributed by atoms with Crippen molar-refractivity contribution >= 4 is 18.2 Å². The Hall–Kier alpha value is -1.69. The van der Waals surface area contributed by atoms with Crippen LogP contribution >= 0.6 is 0 Å². The number of likely N-dealkylation sites (N-methyl/N-ethyl adjacent to an activating group) is 1. The molecule has 0 aromatic heterocycles. The van der Waals surface area contributed by atoms with Crippen molar-refractivity contribution in [2.45, 2.75) is 18.4 Å². The van der Waals surface area contributed by atoms with Crippen LogP contribution in [0.5, 0.6) is 0 Å². The largest absolute Gasteiger partial charge is 0.480 e. The highest BCUT2D eigenvalue weighted by atomic mass is 16.4. The summed E-state index contributed by atoms with van der Waals surface area (Å²) in [5.41, 5.74) is -0.685. The van der Waals surface area contributed by atoms with Crippen molar-refractivity contribution in [2.75, 3.05) is 26.7 Å². The monoisotopic (exact) mass is 254 g/mol. The van der Waals surface area contributed by atoms with Crippen molar-refractivity contribution in [1.29, 1.82) is 0 Å². The van der Waals surface area contributed by atoms with Crippen LogP contribution in [0.2, 0.25) is 0 Å². The van der Waals surface area contributed by atoms with Crippen LogP contribution in [0, 0.1) is 0 Å². The van der Waals surface area contributed by atoms with E-state index >= 15 is 0 Å². The van der Waals surface area contributed by atoms with Gasteiger partial charge in [0, 0.05) is 13.1 Å². The molecule has 1 rings (SSSR count). The molecule has 0 saturated heterocycles. The summed E-state index contributed by atoms with van der Waals surface area (Å²) >= 11 is 0. The Morgan fingerprint density at radius 2 is 2.00 bits per heavy atom. The first kappa shape index (κ1) is 14.4. The van der Waals surface area contributed by atoms with E-state index in [1.165, 1.54) is 11.0 Å². The zero-order valence-electron chi connectivity index (χ0n) is 10.5. The van der Waals surface area contributed by atoms with Crippen molar-refractivity contribution in [1.82, 2.24) is 9.80 Å². The van der Waals surface area contributed by atoms with Crippen LogP contribution in [0.25, 0.3) is 0 Å². The number of aldehydes is 1. The van der Waals surface area contributed by atoms with Crippen LogP contribution in [0.15, 0.2) is 12.7 Å². The van der Waals surface area contributed by atoms with Gasteiger partial charge in [0.25, 0.3) is 0 Å². The van der Waals surface area contributed by atoms with Crippen LogP contribution in [-0.2, 0) is 14.4 Å². The molecular formula is C12H18N2O4. The Morgan fingerprint density at radius 1 is 1.39 bits per heavy atom. The van der Waals surface area contributed by atoms with E-state index in [1.807, 2.05) is 0 Å². The highest BCUT2D eigenvalue weighted by molar-refractivity contribution is 5.91. The summed E-state index contributed by atoms with van der Waals surface area (Å²) < 4.78 is 0. The first-order chi connectivity index (χ1) is 8.45. The zero-order valence-corrected chi connectivity index (χ0v) is 10.5. The number of nitrogens with zero attached hydrogens (tertiary/aromatic N) is 2. The summed E-state index contributed by atoms with van der Waals surface area (Å²) in [6, 6.07) is 0. The maximum absolute atomic E-state index is 11.7. The molecule has 1 saturated carbocycles. The van der Waals surface area contributed by atoms with E-state index in [9.17, 15) is 14.4 Å². The van der Waals surface area contributed by atoms with Crippen LogP contribution in [0.3, 0.4) is 0 Å². The lowest BCUT2D eigenvalue weighted by Gasteiger charge is -2.28. The van der Waals surface area contributed by atoms with Gasteiger partial charge in [-0.25, -0.2) is 0 Å². The molecular weight excluding hydrogens is 236 g/mol. The van der Waals surface area contributed by atoms with Gasteiger partial charge in [-0.3, -0.25) is 14.5 Å². The van der Waals surface area contributed by atoms with E-state index in [0.29, 0.717) is 25.9 Å². The minimum Gasteiger partial charge on any atom is -0.480 e. The van der Waals surface area contributed by atoms with Gasteiger partial charge in [-0.15, -0.1) is 0 Å². The Balaban J connectivity index is 2.58. The average Bonchev–Trinajstić information content (AvgIpc) is 3.09. The standard InChI is InChI=1S/C12H18N2O4/c1-3-10(16)14(12(9-15)4-5-12)7-6-13(2)8-11(17)18/h3,9H,1,4-8H2,2H3,(H,17,18). The predicted molar refractivity (Wildman–Crippen MR) is 65.1 cm³/mol. The van der Waals surface area contributed by atoms with Crippen LogP contribution in [0.1, 0.15) is 12.8 Å². The number of hydrogen-bond acceptors (Lipinski definition) is 4. The molecule has 1 aliphatic rings. The van der Waals surface area contributed by atoms with E-state index in [4.69, 9.17) is 5.11 Å². The smallest absolute Gasteiger partial charge is 0.317 e. The third kappa shape index (κ3) is 3.40. The molecule has 1 N–H and O–H groups in total. The van der Waals surface area contributed by atoms with Crippen molar-refractivity contribution in [3.63, 3.8) is 0 Å². The first-order valence-corrected chi connectivity index (χ1v) is 5.76. The summed E-state index contributed by atoms with van der Waals surface area (Å²) in [5.74, 6) is -1.21. The molecule has 0 heterocycles. The molecule has 0 aromatic carbocycles. The van der Waals surface area contributed by atoms with E-state index in [2.05, 4.69) is 6.58 Å². The number of carboxylic acid groups (broad SMARTS) is 1. The third-order valence-electron chi connectivity index (χ3n) is 3.07. The van der Waals surface area contributed by atoms with Crippen molar-refractivity contribution < 1.29 is 19.5 Å². The maximum Gasteiger partial charge on any atom is 0.317 e. The van der Waals surface area contributed by atoms with Gasteiger partial charge in [-0.1, -0.05) is 6.58 Å². The molecule has 0 radical (unpaired) electrons. The summed E-state index contributed by atoms with van der Waals surface area (Å²) in [6.45, 7) is 4.06. The first-order valence-electron chi connectivity index (χ1n) is 5.76. The Morgan fingerprint density at radius 3 is 2.39 bits per heavy atom. The molecule has 6 heteroatoms. The fourth-order valence-electron chi connectivity index (χ4n) is 1.82. The molecule has 100 valence electrons. The summed E-state index contributed by atoms with van der Waals surface area (Å²) in [7, 11) is 1.66. The molecule has 1 fully saturated rings. The zero-order chi connectivity index (χ0) is 13.8. The minimum atomic E-state index is -0.921. The molecule has 18 heavy (non-hydrogen) atoms. The molecule has 0 aromatic rings. The lowest BCUT2D eigenvalue weighted by atomic mass is 10.2. The SMILES string of the molecule is C=CC(=O)N(CCN(C)CC(=O)O)C1(C=O)CC1. The summed E-state index contributed by atoms with van der Waals surface area (Å²) in [4.78, 5) is 36.3. The van der Waals surface area contributed by atoms with Gasteiger partial charge in [0.15, 0.2) is 0 Å². The Kier molecular flexibility index (Phi) is 4.61. The number of amides is 1. The van der Waals surface area contributed by atoms with Gasteiger partial charge in [0.1, 0.15) is 6.29 Å². The molecule has 0 atom stereocenters. The highest BCUT2D eigenvalue weighted by Gasteiger charge is 2.49. The normalized spacial score (nSPS) is 16.1. The molecule has 0 unspecified atom stereocenters. The van der Waals surface area contributed by atoms with Crippen molar-refractivity contribution in [2.24, 2.45) is 0 Å². The Bertz CT molecular complexity index is 363. The average molecular weight is 254 g/mol. The third-order valence-corrected chi connectivity index (χ3v) is 3.07. The number of carboxylic acids is 1.